The van der Waals surface area contributed by atoms with Crippen molar-refractivity contribution in [2.75, 3.05) is 20.3 Å². The molecule has 0 aromatic heterocycles. The fraction of sp³-hybridized carbons (Fsp3) is 0.714. The molecule has 1 N–H and O–H groups in total. The number of hydrogen-bond donors (Lipinski definition) is 1. The summed E-state index contributed by atoms with van der Waals surface area (Å²) < 4.78 is 15.8. The molecule has 8 nitrogen and oxygen atoms in total. The molecule has 4 rings (SSSR count). The maximum atomic E-state index is 13.2. The Kier molecular flexibility index (Phi) is 7.58. The van der Waals surface area contributed by atoms with Crippen molar-refractivity contribution in [3.05, 3.63) is 23.8 Å². The Morgan fingerprint density at radius 3 is 2.58 bits per heavy atom. The summed E-state index contributed by atoms with van der Waals surface area (Å²) in [6, 6.07) is 0. The Labute approximate surface area is 212 Å². The molecule has 4 aliphatic carbocycles. The van der Waals surface area contributed by atoms with Crippen molar-refractivity contribution >= 4 is 23.5 Å². The molecule has 0 aromatic carbocycles. The maximum Gasteiger partial charge on any atom is 0.332 e. The van der Waals surface area contributed by atoms with Gasteiger partial charge in [-0.15, -0.1) is 0 Å². The molecular weight excluding hydrogens is 464 g/mol. The Bertz CT molecular complexity index is 982. The molecule has 3 fully saturated rings. The molecule has 0 saturated heterocycles. The Morgan fingerprint density at radius 1 is 1.14 bits per heavy atom. The van der Waals surface area contributed by atoms with Gasteiger partial charge in [-0.05, 0) is 67.1 Å². The van der Waals surface area contributed by atoms with Crippen LogP contribution in [-0.4, -0.2) is 61.1 Å². The quantitative estimate of drug-likeness (QED) is 0.504. The van der Waals surface area contributed by atoms with Crippen LogP contribution < -0.4 is 0 Å². The van der Waals surface area contributed by atoms with Crippen molar-refractivity contribution in [1.29, 1.82) is 0 Å². The summed E-state index contributed by atoms with van der Waals surface area (Å²) in [5.41, 5.74) is -0.319. The summed E-state index contributed by atoms with van der Waals surface area (Å²) in [5.74, 6) is -1.48. The highest BCUT2D eigenvalue weighted by Crippen LogP contribution is 2.66. The van der Waals surface area contributed by atoms with Crippen molar-refractivity contribution in [3.8, 4) is 0 Å². The third kappa shape index (κ3) is 4.58. The number of carbonyl (C=O) groups excluding carboxylic acids is 4. The lowest BCUT2D eigenvalue weighted by Gasteiger charge is -2.59. The first-order chi connectivity index (χ1) is 17.0. The number of ether oxygens (including phenoxy) is 3. The number of allylic oxidation sites excluding steroid dienone is 3. The lowest BCUT2D eigenvalue weighted by Crippen LogP contribution is -2.59. The number of esters is 2. The average molecular weight is 503 g/mol. The predicted octanol–water partition coefficient (Wildman–Crippen LogP) is 2.96. The van der Waals surface area contributed by atoms with Gasteiger partial charge in [-0.1, -0.05) is 26.8 Å². The van der Waals surface area contributed by atoms with E-state index in [0.29, 0.717) is 32.1 Å². The third-order valence-electron chi connectivity index (χ3n) is 9.24. The van der Waals surface area contributed by atoms with Crippen LogP contribution in [0, 0.1) is 34.5 Å². The summed E-state index contributed by atoms with van der Waals surface area (Å²) in [7, 11) is 1.39. The average Bonchev–Trinajstić information content (AvgIpc) is 3.15. The van der Waals surface area contributed by atoms with Gasteiger partial charge in [0.2, 0.25) is 0 Å². The Morgan fingerprint density at radius 2 is 1.89 bits per heavy atom. The molecule has 8 atom stereocenters. The van der Waals surface area contributed by atoms with E-state index in [2.05, 4.69) is 6.92 Å². The number of hydrogen-bond acceptors (Lipinski definition) is 8. The second kappa shape index (κ2) is 10.2. The first-order valence-corrected chi connectivity index (χ1v) is 13.0. The van der Waals surface area contributed by atoms with Crippen LogP contribution >= 0.6 is 0 Å². The fourth-order valence-electron chi connectivity index (χ4n) is 7.83. The number of carbonyl (C=O) groups is 4. The van der Waals surface area contributed by atoms with Gasteiger partial charge in [0, 0.05) is 30.8 Å². The number of Topliss-reactive ketones (excluding diaryl/α,β-unsaturated/α-hetero) is 1. The minimum atomic E-state index is -0.695. The van der Waals surface area contributed by atoms with Crippen molar-refractivity contribution in [2.45, 2.75) is 71.5 Å². The van der Waals surface area contributed by atoms with Crippen LogP contribution in [0.2, 0.25) is 0 Å². The number of methoxy groups -OCH3 is 1. The van der Waals surface area contributed by atoms with Gasteiger partial charge in [-0.3, -0.25) is 14.4 Å². The van der Waals surface area contributed by atoms with Crippen LogP contribution in [0.5, 0.6) is 0 Å². The van der Waals surface area contributed by atoms with Crippen molar-refractivity contribution in [3.63, 3.8) is 0 Å². The normalized spacial score (nSPS) is 38.9. The summed E-state index contributed by atoms with van der Waals surface area (Å²) in [5, 5.41) is 11.6. The van der Waals surface area contributed by atoms with Crippen LogP contribution in [-0.2, 0) is 33.4 Å². The highest BCUT2D eigenvalue weighted by Gasteiger charge is 2.64. The van der Waals surface area contributed by atoms with Gasteiger partial charge < -0.3 is 19.3 Å². The lowest BCUT2D eigenvalue weighted by molar-refractivity contribution is -0.164. The molecule has 8 heteroatoms. The smallest absolute Gasteiger partial charge is 0.332 e. The standard InChI is InChI=1S/C28H38O8/c1-5-6-24(32)36-23-12-17-18-7-8-19(22(31)14-35-25(33)15-34-4)28(18,3)13-21(30)26(17)27(2)10-9-16(29)11-20(23)27/h9-11,17-19,21,23,26,30H,5-8,12-15H2,1-4H3/t17-,18-,19+,21?,23?,26+,27-,28-/m0/s1. The number of aliphatic hydroxyl groups excluding tert-OH is 1. The molecule has 0 amide bonds. The molecule has 2 unspecified atom stereocenters. The molecule has 4 aliphatic rings. The molecule has 0 aromatic rings. The van der Waals surface area contributed by atoms with Gasteiger partial charge in [0.15, 0.2) is 11.6 Å². The van der Waals surface area contributed by atoms with Gasteiger partial charge in [0.25, 0.3) is 0 Å². The highest BCUT2D eigenvalue weighted by atomic mass is 16.6. The Hall–Kier alpha value is -2.32. The summed E-state index contributed by atoms with van der Waals surface area (Å²) in [6.07, 6.45) is 7.18. The van der Waals surface area contributed by atoms with E-state index in [1.807, 2.05) is 19.9 Å². The summed E-state index contributed by atoms with van der Waals surface area (Å²) >= 11 is 0. The van der Waals surface area contributed by atoms with Gasteiger partial charge in [-0.2, -0.15) is 0 Å². The van der Waals surface area contributed by atoms with Gasteiger partial charge in [0.05, 0.1) is 6.10 Å². The Balaban J connectivity index is 1.62. The molecule has 36 heavy (non-hydrogen) atoms. The van der Waals surface area contributed by atoms with E-state index >= 15 is 0 Å². The molecule has 3 saturated carbocycles. The minimum Gasteiger partial charge on any atom is -0.458 e. The zero-order valence-corrected chi connectivity index (χ0v) is 21.7. The zero-order chi connectivity index (χ0) is 26.3. The van der Waals surface area contributed by atoms with Crippen LogP contribution in [0.3, 0.4) is 0 Å². The summed E-state index contributed by atoms with van der Waals surface area (Å²) in [6.45, 7) is 5.50. The van der Waals surface area contributed by atoms with Crippen molar-refractivity contribution in [1.82, 2.24) is 0 Å². The number of aliphatic hydroxyl groups is 1. The SMILES string of the molecule is CCCC(=O)OC1C[C@H]2[C@@H]3CC[C@H](C(=O)COC(=O)COC)[C@@]3(C)CC(O)[C@@H]2[C@@]2(C)C=CC(=O)C=C12. The molecule has 198 valence electrons. The fourth-order valence-corrected chi connectivity index (χ4v) is 7.83. The first-order valence-electron chi connectivity index (χ1n) is 13.0. The van der Waals surface area contributed by atoms with Crippen molar-refractivity contribution < 1.29 is 38.5 Å². The number of ketones is 2. The molecule has 0 heterocycles. The molecule has 0 bridgehead atoms. The van der Waals surface area contributed by atoms with E-state index in [1.165, 1.54) is 7.11 Å². The molecule has 0 aliphatic heterocycles. The number of rotatable bonds is 8. The monoisotopic (exact) mass is 502 g/mol. The van der Waals surface area contributed by atoms with E-state index in [0.717, 1.165) is 12.0 Å². The van der Waals surface area contributed by atoms with Gasteiger partial charge in [0.1, 0.15) is 19.3 Å². The molecular formula is C28H38O8. The summed E-state index contributed by atoms with van der Waals surface area (Å²) in [4.78, 5) is 49.7. The van der Waals surface area contributed by atoms with E-state index in [9.17, 15) is 24.3 Å². The topological polar surface area (TPSA) is 116 Å². The maximum absolute atomic E-state index is 13.2. The van der Waals surface area contributed by atoms with E-state index < -0.39 is 29.0 Å². The van der Waals surface area contributed by atoms with Crippen LogP contribution in [0.15, 0.2) is 23.8 Å². The van der Waals surface area contributed by atoms with E-state index in [-0.39, 0.29) is 54.4 Å². The zero-order valence-electron chi connectivity index (χ0n) is 21.7. The van der Waals surface area contributed by atoms with E-state index in [4.69, 9.17) is 14.2 Å². The lowest BCUT2D eigenvalue weighted by atomic mass is 9.46. The van der Waals surface area contributed by atoms with Crippen molar-refractivity contribution in [2.24, 2.45) is 34.5 Å². The molecule has 0 spiro atoms. The third-order valence-corrected chi connectivity index (χ3v) is 9.24. The second-order valence-corrected chi connectivity index (χ2v) is 11.3. The predicted molar refractivity (Wildman–Crippen MR) is 130 cm³/mol. The second-order valence-electron chi connectivity index (χ2n) is 11.3. The van der Waals surface area contributed by atoms with E-state index in [1.54, 1.807) is 12.2 Å². The first kappa shape index (κ1) is 26.7. The van der Waals surface area contributed by atoms with Crippen LogP contribution in [0.4, 0.5) is 0 Å². The number of fused-ring (bicyclic) bond motifs is 5. The van der Waals surface area contributed by atoms with Crippen LogP contribution in [0.25, 0.3) is 0 Å². The molecule has 0 radical (unpaired) electrons. The minimum absolute atomic E-state index is 0.00650. The highest BCUT2D eigenvalue weighted by molar-refractivity contribution is 6.01. The van der Waals surface area contributed by atoms with Crippen LogP contribution in [0.1, 0.15) is 59.3 Å². The van der Waals surface area contributed by atoms with Gasteiger partial charge >= 0.3 is 11.9 Å². The van der Waals surface area contributed by atoms with Gasteiger partial charge in [-0.25, -0.2) is 4.79 Å². The largest absolute Gasteiger partial charge is 0.458 e.